The molecule has 0 aliphatic rings. The number of hydrogen-bond donors (Lipinski definition) is 0. The zero-order valence-electron chi connectivity index (χ0n) is 17.3. The van der Waals surface area contributed by atoms with E-state index in [-0.39, 0.29) is 12.5 Å². The highest BCUT2D eigenvalue weighted by Crippen LogP contribution is 2.34. The highest BCUT2D eigenvalue weighted by molar-refractivity contribution is 5.98. The van der Waals surface area contributed by atoms with Gasteiger partial charge in [0.05, 0.1) is 0 Å². The second-order valence-corrected chi connectivity index (χ2v) is 7.04. The van der Waals surface area contributed by atoms with Crippen LogP contribution >= 0.6 is 0 Å². The first kappa shape index (κ1) is 20.4. The SMILES string of the molecule is CCC(=C(c1ccccc1)c1ccc(OCC(=O)N(C)C)cc1)c1ccccc1. The lowest BCUT2D eigenvalue weighted by Crippen LogP contribution is -2.27. The van der Waals surface area contributed by atoms with E-state index in [2.05, 4.69) is 67.6 Å². The minimum absolute atomic E-state index is 0.0396. The normalized spacial score (nSPS) is 11.6. The van der Waals surface area contributed by atoms with E-state index in [0.717, 1.165) is 12.0 Å². The molecule has 0 spiro atoms. The molecule has 29 heavy (non-hydrogen) atoms. The highest BCUT2D eigenvalue weighted by atomic mass is 16.5. The predicted octanol–water partition coefficient (Wildman–Crippen LogP) is 5.52. The van der Waals surface area contributed by atoms with Crippen molar-refractivity contribution in [3.8, 4) is 5.75 Å². The van der Waals surface area contributed by atoms with Crippen LogP contribution in [-0.2, 0) is 4.79 Å². The number of nitrogens with zero attached hydrogens (tertiary/aromatic N) is 1. The number of carbonyl (C=O) groups excluding carboxylic acids is 1. The molecule has 0 radical (unpaired) electrons. The Kier molecular flexibility index (Phi) is 6.85. The maximum Gasteiger partial charge on any atom is 0.259 e. The van der Waals surface area contributed by atoms with Gasteiger partial charge >= 0.3 is 0 Å². The molecule has 3 nitrogen and oxygen atoms in total. The third kappa shape index (κ3) is 5.14. The Labute approximate surface area is 173 Å². The molecule has 3 aromatic rings. The number of carbonyl (C=O) groups is 1. The fourth-order valence-electron chi connectivity index (χ4n) is 3.28. The third-order valence-electron chi connectivity index (χ3n) is 4.84. The molecule has 0 aromatic heterocycles. The Bertz CT molecular complexity index is 959. The smallest absolute Gasteiger partial charge is 0.259 e. The van der Waals surface area contributed by atoms with Crippen LogP contribution in [0.1, 0.15) is 30.0 Å². The number of rotatable bonds is 7. The number of hydrogen-bond acceptors (Lipinski definition) is 2. The molecule has 0 unspecified atom stereocenters. The Morgan fingerprint density at radius 1 is 0.759 bits per heavy atom. The summed E-state index contributed by atoms with van der Waals surface area (Å²) in [5.41, 5.74) is 6.06. The maximum absolute atomic E-state index is 11.8. The summed E-state index contributed by atoms with van der Waals surface area (Å²) in [6.45, 7) is 2.23. The van der Waals surface area contributed by atoms with Crippen molar-refractivity contribution in [1.29, 1.82) is 0 Å². The molecule has 3 heteroatoms. The Morgan fingerprint density at radius 3 is 1.79 bits per heavy atom. The number of allylic oxidation sites excluding steroid dienone is 1. The topological polar surface area (TPSA) is 29.5 Å². The number of likely N-dealkylation sites (N-methyl/N-ethyl adjacent to an activating group) is 1. The largest absolute Gasteiger partial charge is 0.484 e. The summed E-state index contributed by atoms with van der Waals surface area (Å²) in [6, 6.07) is 29.0. The lowest BCUT2D eigenvalue weighted by molar-refractivity contribution is -0.130. The lowest BCUT2D eigenvalue weighted by atomic mass is 9.88. The van der Waals surface area contributed by atoms with Crippen LogP contribution in [-0.4, -0.2) is 31.5 Å². The molecule has 1 amide bonds. The van der Waals surface area contributed by atoms with E-state index in [1.165, 1.54) is 27.2 Å². The summed E-state index contributed by atoms with van der Waals surface area (Å²) in [7, 11) is 3.45. The lowest BCUT2D eigenvalue weighted by Gasteiger charge is -2.17. The second kappa shape index (κ2) is 9.74. The van der Waals surface area contributed by atoms with Gasteiger partial charge < -0.3 is 9.64 Å². The summed E-state index contributed by atoms with van der Waals surface area (Å²) in [5.74, 6) is 0.630. The van der Waals surface area contributed by atoms with Crippen LogP contribution < -0.4 is 4.74 Å². The second-order valence-electron chi connectivity index (χ2n) is 7.04. The molecular formula is C26H27NO2. The first-order valence-corrected chi connectivity index (χ1v) is 9.87. The van der Waals surface area contributed by atoms with E-state index < -0.39 is 0 Å². The van der Waals surface area contributed by atoms with Crippen LogP contribution in [0, 0.1) is 0 Å². The molecule has 0 N–H and O–H groups in total. The molecule has 148 valence electrons. The van der Waals surface area contributed by atoms with Gasteiger partial charge in [0, 0.05) is 14.1 Å². The van der Waals surface area contributed by atoms with Crippen LogP contribution in [0.4, 0.5) is 0 Å². The van der Waals surface area contributed by atoms with Crippen LogP contribution in [0.2, 0.25) is 0 Å². The van der Waals surface area contributed by atoms with E-state index in [9.17, 15) is 4.79 Å². The molecule has 0 saturated heterocycles. The summed E-state index contributed by atoms with van der Waals surface area (Å²) < 4.78 is 5.63. The van der Waals surface area contributed by atoms with Crippen molar-refractivity contribution in [2.45, 2.75) is 13.3 Å². The molecule has 0 fully saturated rings. The van der Waals surface area contributed by atoms with E-state index in [1.807, 2.05) is 24.3 Å². The van der Waals surface area contributed by atoms with Gasteiger partial charge in [0.1, 0.15) is 5.75 Å². The summed E-state index contributed by atoms with van der Waals surface area (Å²) in [6.07, 6.45) is 0.920. The maximum atomic E-state index is 11.8. The summed E-state index contributed by atoms with van der Waals surface area (Å²) in [5, 5.41) is 0. The molecule has 0 saturated carbocycles. The minimum atomic E-state index is -0.0590. The average molecular weight is 386 g/mol. The van der Waals surface area contributed by atoms with Gasteiger partial charge in [-0.25, -0.2) is 0 Å². The fraction of sp³-hybridized carbons (Fsp3) is 0.192. The minimum Gasteiger partial charge on any atom is -0.484 e. The Morgan fingerprint density at radius 2 is 1.28 bits per heavy atom. The van der Waals surface area contributed by atoms with Gasteiger partial charge in [-0.3, -0.25) is 4.79 Å². The number of benzene rings is 3. The highest BCUT2D eigenvalue weighted by Gasteiger charge is 2.13. The van der Waals surface area contributed by atoms with Crippen molar-refractivity contribution in [3.05, 3.63) is 102 Å². The van der Waals surface area contributed by atoms with Crippen LogP contribution in [0.3, 0.4) is 0 Å². The first-order valence-electron chi connectivity index (χ1n) is 9.87. The molecule has 0 heterocycles. The molecular weight excluding hydrogens is 358 g/mol. The van der Waals surface area contributed by atoms with Crippen molar-refractivity contribution in [2.75, 3.05) is 20.7 Å². The van der Waals surface area contributed by atoms with Crippen LogP contribution in [0.25, 0.3) is 11.1 Å². The van der Waals surface area contributed by atoms with Crippen molar-refractivity contribution in [1.82, 2.24) is 4.90 Å². The van der Waals surface area contributed by atoms with Crippen LogP contribution in [0.5, 0.6) is 5.75 Å². The van der Waals surface area contributed by atoms with Gasteiger partial charge in [-0.1, -0.05) is 79.7 Å². The molecule has 3 aromatic carbocycles. The van der Waals surface area contributed by atoms with Gasteiger partial charge in [0.2, 0.25) is 0 Å². The standard InChI is InChI=1S/C26H27NO2/c1-4-24(20-11-7-5-8-12-20)26(21-13-9-6-10-14-21)22-15-17-23(18-16-22)29-19-25(28)27(2)3/h5-18H,4,19H2,1-3H3. The quantitative estimate of drug-likeness (QED) is 0.501. The molecule has 3 rings (SSSR count). The van der Waals surface area contributed by atoms with Gasteiger partial charge in [-0.05, 0) is 46.4 Å². The molecule has 0 aliphatic heterocycles. The van der Waals surface area contributed by atoms with Crippen molar-refractivity contribution < 1.29 is 9.53 Å². The van der Waals surface area contributed by atoms with Gasteiger partial charge in [-0.2, -0.15) is 0 Å². The number of ether oxygens (including phenoxy) is 1. The molecule has 0 aliphatic carbocycles. The Balaban J connectivity index is 2.00. The molecule has 0 bridgehead atoms. The Hall–Kier alpha value is -3.33. The third-order valence-corrected chi connectivity index (χ3v) is 4.84. The zero-order valence-corrected chi connectivity index (χ0v) is 17.3. The van der Waals surface area contributed by atoms with E-state index in [1.54, 1.807) is 14.1 Å². The van der Waals surface area contributed by atoms with Gasteiger partial charge in [-0.15, -0.1) is 0 Å². The van der Waals surface area contributed by atoms with Crippen molar-refractivity contribution in [3.63, 3.8) is 0 Å². The predicted molar refractivity (Wildman–Crippen MR) is 120 cm³/mol. The van der Waals surface area contributed by atoms with Crippen LogP contribution in [0.15, 0.2) is 84.9 Å². The first-order chi connectivity index (χ1) is 14.1. The van der Waals surface area contributed by atoms with Gasteiger partial charge in [0.15, 0.2) is 6.61 Å². The molecule has 0 atom stereocenters. The van der Waals surface area contributed by atoms with E-state index >= 15 is 0 Å². The fourth-order valence-corrected chi connectivity index (χ4v) is 3.28. The number of amides is 1. The van der Waals surface area contributed by atoms with Crippen molar-refractivity contribution >= 4 is 17.1 Å². The van der Waals surface area contributed by atoms with E-state index in [0.29, 0.717) is 5.75 Å². The summed E-state index contributed by atoms with van der Waals surface area (Å²) in [4.78, 5) is 13.3. The summed E-state index contributed by atoms with van der Waals surface area (Å²) >= 11 is 0. The monoisotopic (exact) mass is 385 g/mol. The van der Waals surface area contributed by atoms with Crippen molar-refractivity contribution in [2.24, 2.45) is 0 Å². The van der Waals surface area contributed by atoms with Gasteiger partial charge in [0.25, 0.3) is 5.91 Å². The average Bonchev–Trinajstić information content (AvgIpc) is 2.77. The zero-order chi connectivity index (χ0) is 20.6. The van der Waals surface area contributed by atoms with E-state index in [4.69, 9.17) is 4.74 Å².